The summed E-state index contributed by atoms with van der Waals surface area (Å²) in [5, 5.41) is 6.51. The molecule has 1 aromatic heterocycles. The topological polar surface area (TPSA) is 71.7 Å². The third kappa shape index (κ3) is 9.01. The van der Waals surface area contributed by atoms with Crippen molar-refractivity contribution in [3.05, 3.63) is 42.0 Å². The molecule has 2 rings (SSSR count). The fraction of sp³-hybridized carbons (Fsp3) is 0.500. The Morgan fingerprint density at radius 2 is 1.93 bits per heavy atom. The van der Waals surface area contributed by atoms with Crippen molar-refractivity contribution in [1.82, 2.24) is 15.6 Å². The number of hydrogen-bond donors (Lipinski definition) is 2. The molecule has 6 nitrogen and oxygen atoms in total. The van der Waals surface area contributed by atoms with Crippen LogP contribution in [0.2, 0.25) is 0 Å². The monoisotopic (exact) mass is 504 g/mol. The molecule has 2 aromatic rings. The van der Waals surface area contributed by atoms with E-state index in [2.05, 4.69) is 34.5 Å². The van der Waals surface area contributed by atoms with Crippen molar-refractivity contribution < 1.29 is 13.5 Å². The molecule has 28 heavy (non-hydrogen) atoms. The second-order valence-corrected chi connectivity index (χ2v) is 6.65. The Morgan fingerprint density at radius 1 is 1.21 bits per heavy atom. The summed E-state index contributed by atoms with van der Waals surface area (Å²) in [4.78, 5) is 8.64. The molecule has 0 aliphatic rings. The van der Waals surface area contributed by atoms with E-state index in [-0.39, 0.29) is 29.8 Å². The maximum Gasteiger partial charge on any atom is 0.226 e. The van der Waals surface area contributed by atoms with E-state index in [4.69, 9.17) is 9.15 Å². The smallest absolute Gasteiger partial charge is 0.226 e. The van der Waals surface area contributed by atoms with Crippen LogP contribution in [-0.2, 0) is 11.2 Å². The van der Waals surface area contributed by atoms with E-state index in [0.717, 1.165) is 43.4 Å². The molecule has 0 atom stereocenters. The third-order valence-electron chi connectivity index (χ3n) is 3.75. The summed E-state index contributed by atoms with van der Waals surface area (Å²) < 4.78 is 24.0. The van der Waals surface area contributed by atoms with E-state index in [1.807, 2.05) is 0 Å². The van der Waals surface area contributed by atoms with Crippen LogP contribution in [0.1, 0.15) is 26.0 Å². The number of aromatic nitrogens is 1. The lowest BCUT2D eigenvalue weighted by Crippen LogP contribution is -2.39. The lowest BCUT2D eigenvalue weighted by Gasteiger charge is -2.11. The first-order valence-electron chi connectivity index (χ1n) is 9.31. The van der Waals surface area contributed by atoms with Gasteiger partial charge in [0.1, 0.15) is 12.1 Å². The van der Waals surface area contributed by atoms with Crippen molar-refractivity contribution in [2.24, 2.45) is 10.9 Å². The Kier molecular flexibility index (Phi) is 11.7. The first-order valence-corrected chi connectivity index (χ1v) is 9.31. The van der Waals surface area contributed by atoms with E-state index >= 15 is 0 Å². The van der Waals surface area contributed by atoms with Gasteiger partial charge in [-0.2, -0.15) is 0 Å². The van der Waals surface area contributed by atoms with Gasteiger partial charge in [-0.15, -0.1) is 24.0 Å². The largest absolute Gasteiger partial charge is 0.444 e. The van der Waals surface area contributed by atoms with Gasteiger partial charge in [-0.25, -0.2) is 9.37 Å². The van der Waals surface area contributed by atoms with Crippen molar-refractivity contribution in [2.45, 2.75) is 26.7 Å². The van der Waals surface area contributed by atoms with Gasteiger partial charge in [0, 0.05) is 45.3 Å². The average Bonchev–Trinajstić information content (AvgIpc) is 3.12. The van der Waals surface area contributed by atoms with Crippen molar-refractivity contribution in [3.8, 4) is 11.5 Å². The Bertz CT molecular complexity index is 704. The molecule has 0 spiro atoms. The Labute approximate surface area is 183 Å². The maximum atomic E-state index is 13.0. The number of benzene rings is 1. The molecule has 0 aliphatic carbocycles. The minimum absolute atomic E-state index is 0. The highest BCUT2D eigenvalue weighted by Crippen LogP contribution is 2.18. The molecule has 8 heteroatoms. The highest BCUT2D eigenvalue weighted by atomic mass is 127. The van der Waals surface area contributed by atoms with Gasteiger partial charge in [-0.3, -0.25) is 4.99 Å². The zero-order chi connectivity index (χ0) is 19.5. The van der Waals surface area contributed by atoms with Gasteiger partial charge in [0.25, 0.3) is 0 Å². The van der Waals surface area contributed by atoms with Crippen LogP contribution in [0.5, 0.6) is 0 Å². The number of ether oxygens (including phenoxy) is 1. The molecule has 2 N–H and O–H groups in total. The number of aliphatic imine (C=N–C) groups is 1. The van der Waals surface area contributed by atoms with Crippen LogP contribution < -0.4 is 10.6 Å². The zero-order valence-electron chi connectivity index (χ0n) is 16.7. The molecular weight excluding hydrogens is 474 g/mol. The summed E-state index contributed by atoms with van der Waals surface area (Å²) in [5.41, 5.74) is 1.59. The van der Waals surface area contributed by atoms with E-state index in [9.17, 15) is 4.39 Å². The molecule has 1 heterocycles. The summed E-state index contributed by atoms with van der Waals surface area (Å²) in [5.74, 6) is 1.53. The quantitative estimate of drug-likeness (QED) is 0.223. The normalized spacial score (nSPS) is 11.4. The highest BCUT2D eigenvalue weighted by Gasteiger charge is 2.07. The van der Waals surface area contributed by atoms with Crippen LogP contribution in [0.4, 0.5) is 4.39 Å². The molecule has 0 radical (unpaired) electrons. The van der Waals surface area contributed by atoms with Crippen LogP contribution in [0, 0.1) is 11.7 Å². The minimum Gasteiger partial charge on any atom is -0.444 e. The van der Waals surface area contributed by atoms with Gasteiger partial charge in [-0.05, 0) is 36.6 Å². The number of oxazole rings is 1. The van der Waals surface area contributed by atoms with Gasteiger partial charge in [-0.1, -0.05) is 13.8 Å². The number of halogens is 2. The summed E-state index contributed by atoms with van der Waals surface area (Å²) >= 11 is 0. The lowest BCUT2D eigenvalue weighted by atomic mass is 10.2. The molecule has 0 unspecified atom stereocenters. The second-order valence-electron chi connectivity index (χ2n) is 6.65. The summed E-state index contributed by atoms with van der Waals surface area (Å²) in [6.07, 6.45) is 3.25. The molecule has 0 fully saturated rings. The predicted octanol–water partition coefficient (Wildman–Crippen LogP) is 3.87. The SMILES string of the molecule is CN=C(NCCCOCC(C)C)NCCc1coc(-c2ccc(F)cc2)n1.I. The molecule has 0 saturated carbocycles. The molecule has 0 saturated heterocycles. The van der Waals surface area contributed by atoms with E-state index in [1.165, 1.54) is 12.1 Å². The molecule has 0 aliphatic heterocycles. The number of nitrogens with one attached hydrogen (secondary N) is 2. The van der Waals surface area contributed by atoms with Gasteiger partial charge in [0.05, 0.1) is 5.69 Å². The molecular formula is C20H30FIN4O2. The van der Waals surface area contributed by atoms with Crippen LogP contribution in [0.3, 0.4) is 0 Å². The molecule has 1 aromatic carbocycles. The van der Waals surface area contributed by atoms with Crippen molar-refractivity contribution in [2.75, 3.05) is 33.4 Å². The number of rotatable bonds is 10. The van der Waals surface area contributed by atoms with Gasteiger partial charge < -0.3 is 19.8 Å². The Morgan fingerprint density at radius 3 is 2.61 bits per heavy atom. The fourth-order valence-corrected chi connectivity index (χ4v) is 2.38. The van der Waals surface area contributed by atoms with Gasteiger partial charge in [0.15, 0.2) is 5.96 Å². The predicted molar refractivity (Wildman–Crippen MR) is 121 cm³/mol. The molecule has 156 valence electrons. The maximum absolute atomic E-state index is 13.0. The number of hydrogen-bond acceptors (Lipinski definition) is 4. The molecule has 0 amide bonds. The van der Waals surface area contributed by atoms with Crippen LogP contribution in [0.25, 0.3) is 11.5 Å². The van der Waals surface area contributed by atoms with Crippen molar-refractivity contribution >= 4 is 29.9 Å². The highest BCUT2D eigenvalue weighted by molar-refractivity contribution is 14.0. The Hall–Kier alpha value is -1.68. The van der Waals surface area contributed by atoms with Crippen LogP contribution in [0.15, 0.2) is 39.9 Å². The summed E-state index contributed by atoms with van der Waals surface area (Å²) in [6, 6.07) is 6.09. The average molecular weight is 504 g/mol. The van der Waals surface area contributed by atoms with E-state index in [1.54, 1.807) is 25.4 Å². The van der Waals surface area contributed by atoms with E-state index in [0.29, 0.717) is 24.8 Å². The fourth-order valence-electron chi connectivity index (χ4n) is 2.38. The standard InChI is InChI=1S/C20H29FN4O2.HI/c1-15(2)13-26-12-4-10-23-20(22-3)24-11-9-18-14-27-19(25-18)16-5-7-17(21)8-6-16;/h5-8,14-15H,4,9-13H2,1-3H3,(H2,22,23,24);1H. The first-order chi connectivity index (χ1) is 13.1. The van der Waals surface area contributed by atoms with Crippen LogP contribution >= 0.6 is 24.0 Å². The van der Waals surface area contributed by atoms with Gasteiger partial charge in [0.2, 0.25) is 5.89 Å². The third-order valence-corrected chi connectivity index (χ3v) is 3.75. The van der Waals surface area contributed by atoms with Crippen molar-refractivity contribution in [1.29, 1.82) is 0 Å². The molecule has 0 bridgehead atoms. The first kappa shape index (κ1) is 24.4. The van der Waals surface area contributed by atoms with E-state index < -0.39 is 0 Å². The summed E-state index contributed by atoms with van der Waals surface area (Å²) in [6.45, 7) is 7.30. The number of nitrogens with zero attached hydrogens (tertiary/aromatic N) is 2. The number of guanidine groups is 1. The van der Waals surface area contributed by atoms with Gasteiger partial charge >= 0.3 is 0 Å². The minimum atomic E-state index is -0.278. The van der Waals surface area contributed by atoms with Crippen LogP contribution in [-0.4, -0.2) is 44.3 Å². The zero-order valence-corrected chi connectivity index (χ0v) is 19.0. The van der Waals surface area contributed by atoms with Crippen molar-refractivity contribution in [3.63, 3.8) is 0 Å². The second kappa shape index (κ2) is 13.5. The lowest BCUT2D eigenvalue weighted by molar-refractivity contribution is 0.108. The summed E-state index contributed by atoms with van der Waals surface area (Å²) in [7, 11) is 1.74. The Balaban J connectivity index is 0.00000392.